The summed E-state index contributed by atoms with van der Waals surface area (Å²) in [6, 6.07) is 7.62. The van der Waals surface area contributed by atoms with E-state index in [1.807, 2.05) is 12.1 Å². The van der Waals surface area contributed by atoms with Gasteiger partial charge in [0.15, 0.2) is 0 Å². The molecular formula is C14H21FN2. The molecule has 1 saturated heterocycles. The molecule has 2 nitrogen and oxygen atoms in total. The second-order valence-corrected chi connectivity index (χ2v) is 4.85. The average molecular weight is 236 g/mol. The number of benzene rings is 1. The Kier molecular flexibility index (Phi) is 4.51. The van der Waals surface area contributed by atoms with Crippen molar-refractivity contribution in [2.75, 3.05) is 26.2 Å². The van der Waals surface area contributed by atoms with Crippen LogP contribution in [0.1, 0.15) is 18.9 Å². The smallest absolute Gasteiger partial charge is 0.126 e. The van der Waals surface area contributed by atoms with Crippen LogP contribution in [0, 0.1) is 5.82 Å². The lowest BCUT2D eigenvalue weighted by Gasteiger charge is -2.22. The van der Waals surface area contributed by atoms with Crippen LogP contribution in [0.4, 0.5) is 4.39 Å². The molecule has 0 aliphatic carbocycles. The Morgan fingerprint density at radius 2 is 2.24 bits per heavy atom. The third-order valence-corrected chi connectivity index (χ3v) is 3.33. The third kappa shape index (κ3) is 3.79. The molecule has 0 amide bonds. The molecule has 94 valence electrons. The van der Waals surface area contributed by atoms with E-state index in [1.165, 1.54) is 6.42 Å². The normalized spacial score (nSPS) is 22.4. The van der Waals surface area contributed by atoms with Gasteiger partial charge in [0.05, 0.1) is 0 Å². The number of hydrogen-bond acceptors (Lipinski definition) is 2. The molecule has 2 rings (SSSR count). The average Bonchev–Trinajstić information content (AvgIpc) is 2.53. The standard InChI is InChI=1S/C14H21FN2/c1-12-11-17(9-4-8-16-12)10-7-13-5-2-3-6-14(13)15/h2-3,5-6,12,16H,4,7-11H2,1H3. The highest BCUT2D eigenvalue weighted by Gasteiger charge is 2.14. The van der Waals surface area contributed by atoms with Gasteiger partial charge in [-0.2, -0.15) is 0 Å². The van der Waals surface area contributed by atoms with Crippen LogP contribution in [0.15, 0.2) is 24.3 Å². The Balaban J connectivity index is 1.87. The summed E-state index contributed by atoms with van der Waals surface area (Å²) in [5, 5.41) is 3.47. The van der Waals surface area contributed by atoms with Gasteiger partial charge in [0.2, 0.25) is 0 Å². The Morgan fingerprint density at radius 3 is 3.06 bits per heavy atom. The lowest BCUT2D eigenvalue weighted by molar-refractivity contribution is 0.275. The highest BCUT2D eigenvalue weighted by atomic mass is 19.1. The zero-order chi connectivity index (χ0) is 12.1. The molecule has 1 aromatic carbocycles. The minimum atomic E-state index is -0.0755. The minimum Gasteiger partial charge on any atom is -0.313 e. The molecule has 3 heteroatoms. The van der Waals surface area contributed by atoms with Gasteiger partial charge in [0.25, 0.3) is 0 Å². The van der Waals surface area contributed by atoms with E-state index in [-0.39, 0.29) is 5.82 Å². The summed E-state index contributed by atoms with van der Waals surface area (Å²) < 4.78 is 13.5. The molecule has 1 heterocycles. The van der Waals surface area contributed by atoms with Gasteiger partial charge in [0.1, 0.15) is 5.82 Å². The fraction of sp³-hybridized carbons (Fsp3) is 0.571. The van der Waals surface area contributed by atoms with Gasteiger partial charge in [0, 0.05) is 19.1 Å². The number of halogens is 1. The maximum atomic E-state index is 13.5. The number of nitrogens with one attached hydrogen (secondary N) is 1. The van der Waals surface area contributed by atoms with E-state index in [0.29, 0.717) is 6.04 Å². The van der Waals surface area contributed by atoms with Crippen molar-refractivity contribution < 1.29 is 4.39 Å². The van der Waals surface area contributed by atoms with Crippen LogP contribution >= 0.6 is 0 Å². The number of hydrogen-bond donors (Lipinski definition) is 1. The first kappa shape index (κ1) is 12.5. The van der Waals surface area contributed by atoms with Gasteiger partial charge < -0.3 is 10.2 Å². The first-order valence-corrected chi connectivity index (χ1v) is 6.45. The summed E-state index contributed by atoms with van der Waals surface area (Å²) in [6.07, 6.45) is 1.99. The monoisotopic (exact) mass is 236 g/mol. The topological polar surface area (TPSA) is 15.3 Å². The maximum Gasteiger partial charge on any atom is 0.126 e. The minimum absolute atomic E-state index is 0.0755. The van der Waals surface area contributed by atoms with Crippen molar-refractivity contribution in [3.05, 3.63) is 35.6 Å². The molecule has 0 spiro atoms. The quantitative estimate of drug-likeness (QED) is 0.864. The van der Waals surface area contributed by atoms with Crippen LogP contribution in [0.2, 0.25) is 0 Å². The van der Waals surface area contributed by atoms with Crippen LogP contribution in [-0.4, -0.2) is 37.1 Å². The highest BCUT2D eigenvalue weighted by molar-refractivity contribution is 5.17. The molecule has 0 radical (unpaired) electrons. The fourth-order valence-electron chi connectivity index (χ4n) is 2.38. The van der Waals surface area contributed by atoms with E-state index in [0.717, 1.165) is 38.2 Å². The van der Waals surface area contributed by atoms with Crippen LogP contribution in [0.5, 0.6) is 0 Å². The summed E-state index contributed by atoms with van der Waals surface area (Å²) >= 11 is 0. The predicted molar refractivity (Wildman–Crippen MR) is 68.6 cm³/mol. The summed E-state index contributed by atoms with van der Waals surface area (Å²) in [5.74, 6) is -0.0755. The number of rotatable bonds is 3. The molecule has 0 saturated carbocycles. The van der Waals surface area contributed by atoms with Crippen LogP contribution < -0.4 is 5.32 Å². The largest absolute Gasteiger partial charge is 0.313 e. The van der Waals surface area contributed by atoms with Crippen molar-refractivity contribution >= 4 is 0 Å². The van der Waals surface area contributed by atoms with Gasteiger partial charge in [-0.15, -0.1) is 0 Å². The van der Waals surface area contributed by atoms with Crippen LogP contribution in [0.25, 0.3) is 0 Å². The van der Waals surface area contributed by atoms with Crippen LogP contribution in [0.3, 0.4) is 0 Å². The second kappa shape index (κ2) is 6.12. The van der Waals surface area contributed by atoms with Crippen molar-refractivity contribution in [3.63, 3.8) is 0 Å². The zero-order valence-electron chi connectivity index (χ0n) is 10.5. The third-order valence-electron chi connectivity index (χ3n) is 3.33. The van der Waals surface area contributed by atoms with Gasteiger partial charge in [-0.3, -0.25) is 0 Å². The lowest BCUT2D eigenvalue weighted by atomic mass is 10.1. The Morgan fingerprint density at radius 1 is 1.41 bits per heavy atom. The van der Waals surface area contributed by atoms with Crippen molar-refractivity contribution in [1.82, 2.24) is 10.2 Å². The summed E-state index contributed by atoms with van der Waals surface area (Å²) in [4.78, 5) is 2.43. The Labute approximate surface area is 103 Å². The molecule has 0 aromatic heterocycles. The maximum absolute atomic E-state index is 13.5. The summed E-state index contributed by atoms with van der Waals surface area (Å²) in [6.45, 7) is 6.44. The number of nitrogens with zero attached hydrogens (tertiary/aromatic N) is 1. The molecule has 1 atom stereocenters. The molecule has 17 heavy (non-hydrogen) atoms. The van der Waals surface area contributed by atoms with Crippen molar-refractivity contribution in [2.45, 2.75) is 25.8 Å². The fourth-order valence-corrected chi connectivity index (χ4v) is 2.38. The van der Waals surface area contributed by atoms with Gasteiger partial charge in [-0.1, -0.05) is 18.2 Å². The molecule has 1 aliphatic heterocycles. The molecule has 1 fully saturated rings. The van der Waals surface area contributed by atoms with E-state index in [9.17, 15) is 4.39 Å². The second-order valence-electron chi connectivity index (χ2n) is 4.85. The molecule has 0 bridgehead atoms. The van der Waals surface area contributed by atoms with Crippen molar-refractivity contribution in [2.24, 2.45) is 0 Å². The van der Waals surface area contributed by atoms with Gasteiger partial charge in [-0.05, 0) is 44.5 Å². The van der Waals surface area contributed by atoms with Gasteiger partial charge >= 0.3 is 0 Å². The SMILES string of the molecule is CC1CN(CCc2ccccc2F)CCCN1. The van der Waals surface area contributed by atoms with E-state index in [2.05, 4.69) is 17.1 Å². The van der Waals surface area contributed by atoms with E-state index in [1.54, 1.807) is 12.1 Å². The predicted octanol–water partition coefficient (Wildman–Crippen LogP) is 2.05. The first-order valence-electron chi connectivity index (χ1n) is 6.45. The Bertz CT molecular complexity index is 354. The van der Waals surface area contributed by atoms with Gasteiger partial charge in [-0.25, -0.2) is 4.39 Å². The molecule has 1 N–H and O–H groups in total. The van der Waals surface area contributed by atoms with Crippen molar-refractivity contribution in [3.8, 4) is 0 Å². The van der Waals surface area contributed by atoms with E-state index < -0.39 is 0 Å². The lowest BCUT2D eigenvalue weighted by Crippen LogP contribution is -2.36. The van der Waals surface area contributed by atoms with Crippen LogP contribution in [-0.2, 0) is 6.42 Å². The van der Waals surface area contributed by atoms with E-state index >= 15 is 0 Å². The highest BCUT2D eigenvalue weighted by Crippen LogP contribution is 2.09. The summed E-state index contributed by atoms with van der Waals surface area (Å²) in [5.41, 5.74) is 0.831. The molecular weight excluding hydrogens is 215 g/mol. The zero-order valence-corrected chi connectivity index (χ0v) is 10.5. The van der Waals surface area contributed by atoms with Crippen molar-refractivity contribution in [1.29, 1.82) is 0 Å². The molecule has 1 unspecified atom stereocenters. The molecule has 1 aliphatic rings. The first-order chi connectivity index (χ1) is 8.25. The Hall–Kier alpha value is -0.930. The molecule has 1 aromatic rings. The van der Waals surface area contributed by atoms with E-state index in [4.69, 9.17) is 0 Å². The summed E-state index contributed by atoms with van der Waals surface area (Å²) in [7, 11) is 0.